The van der Waals surface area contributed by atoms with Crippen molar-refractivity contribution in [2.75, 3.05) is 21.3 Å². The first kappa shape index (κ1) is 26.5. The van der Waals surface area contributed by atoms with Gasteiger partial charge in [-0.05, 0) is 47.7 Å². The Labute approximate surface area is 200 Å². The summed E-state index contributed by atoms with van der Waals surface area (Å²) in [6.45, 7) is 4.26. The number of hydrogen-bond acceptors (Lipinski definition) is 6. The summed E-state index contributed by atoms with van der Waals surface area (Å²) < 4.78 is 15.7. The highest BCUT2D eigenvalue weighted by atomic mass is 16.5. The Hall–Kier alpha value is -3.75. The Morgan fingerprint density at radius 3 is 2.35 bits per heavy atom. The van der Waals surface area contributed by atoms with Crippen molar-refractivity contribution in [2.24, 2.45) is 16.6 Å². The van der Waals surface area contributed by atoms with E-state index in [1.807, 2.05) is 26.0 Å². The molecule has 2 rings (SSSR count). The number of methoxy groups -OCH3 is 3. The molecule has 2 aromatic carbocycles. The number of ether oxygens (including phenoxy) is 3. The third-order valence-corrected chi connectivity index (χ3v) is 4.97. The van der Waals surface area contributed by atoms with Crippen molar-refractivity contribution in [1.82, 2.24) is 10.6 Å². The second-order valence-corrected chi connectivity index (χ2v) is 8.14. The molecule has 9 heteroatoms. The molecular weight excluding hydrogens is 436 g/mol. The van der Waals surface area contributed by atoms with Crippen LogP contribution in [0.1, 0.15) is 31.4 Å². The molecule has 184 valence electrons. The Bertz CT molecular complexity index is 1010. The van der Waals surface area contributed by atoms with Crippen molar-refractivity contribution in [2.45, 2.75) is 39.3 Å². The molecule has 2 aromatic rings. The van der Waals surface area contributed by atoms with E-state index in [4.69, 9.17) is 19.9 Å². The van der Waals surface area contributed by atoms with E-state index < -0.39 is 6.04 Å². The first-order valence-corrected chi connectivity index (χ1v) is 11.0. The van der Waals surface area contributed by atoms with Gasteiger partial charge in [-0.25, -0.2) is 4.99 Å². The minimum Gasteiger partial charge on any atom is -0.497 e. The zero-order chi connectivity index (χ0) is 25.1. The van der Waals surface area contributed by atoms with Gasteiger partial charge in [-0.3, -0.25) is 14.9 Å². The number of carbonyl (C=O) groups is 2. The molecule has 0 fully saturated rings. The fraction of sp³-hybridized carbons (Fsp3) is 0.400. The van der Waals surface area contributed by atoms with Crippen LogP contribution in [0.3, 0.4) is 0 Å². The van der Waals surface area contributed by atoms with Gasteiger partial charge in [-0.1, -0.05) is 32.0 Å². The van der Waals surface area contributed by atoms with Gasteiger partial charge in [0.05, 0.1) is 27.8 Å². The van der Waals surface area contributed by atoms with Crippen molar-refractivity contribution in [3.05, 3.63) is 53.6 Å². The molecule has 0 aliphatic heterocycles. The lowest BCUT2D eigenvalue weighted by Crippen LogP contribution is -2.41. The van der Waals surface area contributed by atoms with E-state index in [9.17, 15) is 9.59 Å². The van der Waals surface area contributed by atoms with Gasteiger partial charge in [0.1, 0.15) is 11.8 Å². The average Bonchev–Trinajstić information content (AvgIpc) is 2.81. The third kappa shape index (κ3) is 8.31. The molecule has 0 radical (unpaired) electrons. The summed E-state index contributed by atoms with van der Waals surface area (Å²) in [6, 6.07) is 11.9. The second kappa shape index (κ2) is 13.1. The quantitative estimate of drug-likeness (QED) is 0.342. The van der Waals surface area contributed by atoms with Gasteiger partial charge in [0.25, 0.3) is 0 Å². The van der Waals surface area contributed by atoms with Crippen LogP contribution in [-0.4, -0.2) is 45.1 Å². The van der Waals surface area contributed by atoms with Crippen LogP contribution in [-0.2, 0) is 22.6 Å². The first-order chi connectivity index (χ1) is 16.2. The molecule has 0 spiro atoms. The van der Waals surface area contributed by atoms with Crippen LogP contribution in [0, 0.1) is 5.92 Å². The standard InChI is InChI=1S/C25H34N4O5/c1-16(2)11-20(24(31)27-15-18-9-10-21(33-4)22(13-18)34-5)28-25(26)29-23(30)14-17-7-6-8-19(12-17)32-3/h6-10,12-13,16,20H,11,14-15H2,1-5H3,(H,27,31)(H3,26,28,29,30). The Morgan fingerprint density at radius 2 is 1.71 bits per heavy atom. The second-order valence-electron chi connectivity index (χ2n) is 8.14. The van der Waals surface area contributed by atoms with E-state index in [-0.39, 0.29) is 36.7 Å². The Balaban J connectivity index is 2.02. The van der Waals surface area contributed by atoms with E-state index in [2.05, 4.69) is 15.6 Å². The van der Waals surface area contributed by atoms with Crippen molar-refractivity contribution in [3.63, 3.8) is 0 Å². The SMILES string of the molecule is COc1cccc(CC(=O)NC(N)=NC(CC(C)C)C(=O)NCc2ccc(OC)c(OC)c2)c1. The fourth-order valence-electron chi connectivity index (χ4n) is 3.32. The zero-order valence-electron chi connectivity index (χ0n) is 20.4. The fourth-order valence-corrected chi connectivity index (χ4v) is 3.32. The smallest absolute Gasteiger partial charge is 0.245 e. The maximum atomic E-state index is 12.9. The highest BCUT2D eigenvalue weighted by Gasteiger charge is 2.20. The highest BCUT2D eigenvalue weighted by molar-refractivity contribution is 5.98. The molecule has 0 aliphatic carbocycles. The number of nitrogens with one attached hydrogen (secondary N) is 2. The molecule has 2 amide bonds. The molecule has 0 aliphatic rings. The zero-order valence-corrected chi connectivity index (χ0v) is 20.4. The summed E-state index contributed by atoms with van der Waals surface area (Å²) in [5.41, 5.74) is 7.58. The van der Waals surface area contributed by atoms with E-state index in [0.29, 0.717) is 23.7 Å². The highest BCUT2D eigenvalue weighted by Crippen LogP contribution is 2.27. The number of hydrogen-bond donors (Lipinski definition) is 3. The lowest BCUT2D eigenvalue weighted by Gasteiger charge is -2.17. The molecule has 0 bridgehead atoms. The van der Waals surface area contributed by atoms with Gasteiger partial charge < -0.3 is 25.3 Å². The Kier molecular flexibility index (Phi) is 10.2. The maximum absolute atomic E-state index is 12.9. The number of carbonyl (C=O) groups excluding carboxylic acids is 2. The monoisotopic (exact) mass is 470 g/mol. The number of benzene rings is 2. The minimum atomic E-state index is -0.739. The van der Waals surface area contributed by atoms with Crippen LogP contribution in [0.4, 0.5) is 0 Å². The largest absolute Gasteiger partial charge is 0.497 e. The minimum absolute atomic E-state index is 0.0974. The van der Waals surface area contributed by atoms with E-state index in [1.165, 1.54) is 0 Å². The van der Waals surface area contributed by atoms with Crippen molar-refractivity contribution >= 4 is 17.8 Å². The molecule has 1 unspecified atom stereocenters. The van der Waals surface area contributed by atoms with Gasteiger partial charge in [-0.15, -0.1) is 0 Å². The Morgan fingerprint density at radius 1 is 0.971 bits per heavy atom. The number of guanidine groups is 1. The van der Waals surface area contributed by atoms with Gasteiger partial charge in [0.15, 0.2) is 17.5 Å². The predicted molar refractivity (Wildman–Crippen MR) is 131 cm³/mol. The van der Waals surface area contributed by atoms with Crippen molar-refractivity contribution in [3.8, 4) is 17.2 Å². The molecule has 0 saturated carbocycles. The molecule has 0 aromatic heterocycles. The first-order valence-electron chi connectivity index (χ1n) is 11.0. The van der Waals surface area contributed by atoms with Crippen LogP contribution >= 0.6 is 0 Å². The number of rotatable bonds is 11. The molecule has 0 heterocycles. The maximum Gasteiger partial charge on any atom is 0.245 e. The number of nitrogens with two attached hydrogens (primary N) is 1. The molecule has 1 atom stereocenters. The molecule has 4 N–H and O–H groups in total. The number of aliphatic imine (C=N–C) groups is 1. The molecular formula is C25H34N4O5. The van der Waals surface area contributed by atoms with Crippen LogP contribution in [0.2, 0.25) is 0 Å². The number of amides is 2. The number of nitrogens with zero attached hydrogens (tertiary/aromatic N) is 1. The van der Waals surface area contributed by atoms with Crippen LogP contribution in [0.5, 0.6) is 17.2 Å². The summed E-state index contributed by atoms with van der Waals surface area (Å²) in [7, 11) is 4.68. The topological polar surface area (TPSA) is 124 Å². The summed E-state index contributed by atoms with van der Waals surface area (Å²) in [4.78, 5) is 29.5. The normalized spacial score (nSPS) is 12.1. The molecule has 9 nitrogen and oxygen atoms in total. The summed E-state index contributed by atoms with van der Waals surface area (Å²) >= 11 is 0. The predicted octanol–water partition coefficient (Wildman–Crippen LogP) is 2.42. The van der Waals surface area contributed by atoms with Crippen molar-refractivity contribution in [1.29, 1.82) is 0 Å². The van der Waals surface area contributed by atoms with Crippen LogP contribution in [0.15, 0.2) is 47.5 Å². The van der Waals surface area contributed by atoms with Crippen LogP contribution in [0.25, 0.3) is 0 Å². The van der Waals surface area contributed by atoms with Gasteiger partial charge in [0, 0.05) is 6.54 Å². The van der Waals surface area contributed by atoms with E-state index in [1.54, 1.807) is 51.7 Å². The van der Waals surface area contributed by atoms with Gasteiger partial charge in [0.2, 0.25) is 11.8 Å². The summed E-state index contributed by atoms with van der Waals surface area (Å²) in [5.74, 6) is 1.33. The lowest BCUT2D eigenvalue weighted by atomic mass is 10.0. The molecule has 34 heavy (non-hydrogen) atoms. The summed E-state index contributed by atoms with van der Waals surface area (Å²) in [5, 5.41) is 5.44. The third-order valence-electron chi connectivity index (χ3n) is 4.97. The van der Waals surface area contributed by atoms with E-state index in [0.717, 1.165) is 11.1 Å². The van der Waals surface area contributed by atoms with Crippen LogP contribution < -0.4 is 30.6 Å². The van der Waals surface area contributed by atoms with E-state index >= 15 is 0 Å². The lowest BCUT2D eigenvalue weighted by molar-refractivity contribution is -0.123. The summed E-state index contributed by atoms with van der Waals surface area (Å²) in [6.07, 6.45) is 0.581. The van der Waals surface area contributed by atoms with Gasteiger partial charge in [-0.2, -0.15) is 0 Å². The average molecular weight is 471 g/mol. The van der Waals surface area contributed by atoms with Crippen molar-refractivity contribution < 1.29 is 23.8 Å². The van der Waals surface area contributed by atoms with Gasteiger partial charge >= 0.3 is 0 Å². The molecule has 0 saturated heterocycles.